The van der Waals surface area contributed by atoms with E-state index in [1.807, 2.05) is 115 Å². The Morgan fingerprint density at radius 2 is 1.04 bits per heavy atom. The van der Waals surface area contributed by atoms with E-state index in [2.05, 4.69) is 6.07 Å². The molecule has 220 valence electrons. The number of hydrogen-bond donors (Lipinski definition) is 0. The summed E-state index contributed by atoms with van der Waals surface area (Å²) < 4.78 is 48.8. The molecule has 0 aliphatic heterocycles. The second kappa shape index (κ2) is 11.2. The van der Waals surface area contributed by atoms with Gasteiger partial charge in [-0.2, -0.15) is 0 Å². The minimum Gasteiger partial charge on any atom is -0.456 e. The SMILES string of the molecule is [2H]c1cc2c(oc3c([2H])cc([2H])c(-c4cc(-c5ccc(-c6nc(-c7ccccc7)nc(-c7ccccc7)n6)cc5)cc5ccccc45)c32)c([2H])c1[2H]. The van der Waals surface area contributed by atoms with E-state index in [9.17, 15) is 0 Å². The lowest BCUT2D eigenvalue weighted by molar-refractivity contribution is 0.669. The quantitative estimate of drug-likeness (QED) is 0.196. The van der Waals surface area contributed by atoms with Gasteiger partial charge in [-0.05, 0) is 57.2 Å². The van der Waals surface area contributed by atoms with Crippen molar-refractivity contribution in [1.82, 2.24) is 15.0 Å². The Labute approximate surface area is 278 Å². The second-order valence-corrected chi connectivity index (χ2v) is 11.3. The van der Waals surface area contributed by atoms with Crippen molar-refractivity contribution in [3.05, 3.63) is 164 Å². The summed E-state index contributed by atoms with van der Waals surface area (Å²) in [5.41, 5.74) is 6.15. The molecule has 47 heavy (non-hydrogen) atoms. The fourth-order valence-corrected chi connectivity index (χ4v) is 6.12. The highest BCUT2D eigenvalue weighted by molar-refractivity contribution is 6.15. The Morgan fingerprint density at radius 3 is 1.74 bits per heavy atom. The maximum absolute atomic E-state index is 9.12. The average Bonchev–Trinajstić information content (AvgIpc) is 3.57. The summed E-state index contributed by atoms with van der Waals surface area (Å²) in [5.74, 6) is 1.73. The third kappa shape index (κ3) is 4.84. The van der Waals surface area contributed by atoms with E-state index in [-0.39, 0.29) is 41.4 Å². The Kier molecular flexibility index (Phi) is 5.28. The van der Waals surface area contributed by atoms with Gasteiger partial charge in [-0.1, -0.05) is 139 Å². The van der Waals surface area contributed by atoms with Gasteiger partial charge >= 0.3 is 0 Å². The van der Waals surface area contributed by atoms with E-state index >= 15 is 0 Å². The van der Waals surface area contributed by atoms with E-state index in [0.29, 0.717) is 33.8 Å². The molecule has 0 amide bonds. The molecule has 9 rings (SSSR count). The molecule has 7 aromatic carbocycles. The molecule has 2 heterocycles. The Hall–Kier alpha value is -6.39. The van der Waals surface area contributed by atoms with Gasteiger partial charge < -0.3 is 4.42 Å². The van der Waals surface area contributed by atoms with Crippen LogP contribution in [0.4, 0.5) is 0 Å². The predicted molar refractivity (Wildman–Crippen MR) is 192 cm³/mol. The van der Waals surface area contributed by atoms with E-state index in [4.69, 9.17) is 26.2 Å². The highest BCUT2D eigenvalue weighted by Gasteiger charge is 2.16. The number of para-hydroxylation sites is 1. The molecular weight excluding hydrogens is 574 g/mol. The van der Waals surface area contributed by atoms with Crippen LogP contribution >= 0.6 is 0 Å². The van der Waals surface area contributed by atoms with Crippen LogP contribution in [-0.4, -0.2) is 15.0 Å². The van der Waals surface area contributed by atoms with Crippen LogP contribution in [0, 0.1) is 0 Å². The normalized spacial score (nSPS) is 12.9. The zero-order valence-electron chi connectivity index (χ0n) is 30.0. The van der Waals surface area contributed by atoms with Crippen LogP contribution in [-0.2, 0) is 0 Å². The van der Waals surface area contributed by atoms with Gasteiger partial charge in [0.1, 0.15) is 11.2 Å². The molecule has 2 aromatic heterocycles. The summed E-state index contributed by atoms with van der Waals surface area (Å²) >= 11 is 0. The maximum atomic E-state index is 9.12. The van der Waals surface area contributed by atoms with Gasteiger partial charge in [-0.15, -0.1) is 0 Å². The first-order valence-electron chi connectivity index (χ1n) is 17.8. The van der Waals surface area contributed by atoms with Crippen molar-refractivity contribution < 1.29 is 11.3 Å². The molecule has 0 bridgehead atoms. The van der Waals surface area contributed by atoms with Gasteiger partial charge in [0.05, 0.1) is 6.85 Å². The molecule has 0 spiro atoms. The highest BCUT2D eigenvalue weighted by Crippen LogP contribution is 2.41. The first-order chi connectivity index (χ1) is 25.3. The molecule has 0 fully saturated rings. The fraction of sp³-hybridized carbons (Fsp3) is 0. The molecule has 9 aromatic rings. The molecule has 0 saturated carbocycles. The fourth-order valence-electron chi connectivity index (χ4n) is 6.12. The van der Waals surface area contributed by atoms with Crippen molar-refractivity contribution in [2.75, 3.05) is 0 Å². The summed E-state index contributed by atoms with van der Waals surface area (Å²) in [4.78, 5) is 14.6. The van der Waals surface area contributed by atoms with Gasteiger partial charge in [0, 0.05) is 27.5 Å². The zero-order chi connectivity index (χ0) is 35.5. The van der Waals surface area contributed by atoms with Gasteiger partial charge in [0.15, 0.2) is 17.5 Å². The first kappa shape index (κ1) is 22.2. The molecule has 0 unspecified atom stereocenters. The molecule has 0 N–H and O–H groups in total. The molecule has 4 heteroatoms. The van der Waals surface area contributed by atoms with Crippen molar-refractivity contribution in [2.45, 2.75) is 0 Å². The van der Waals surface area contributed by atoms with Gasteiger partial charge in [0.2, 0.25) is 0 Å². The minimum atomic E-state index is -0.244. The third-order valence-corrected chi connectivity index (χ3v) is 8.39. The molecule has 0 aliphatic carbocycles. The standard InChI is InChI=1S/C43H27N3O/c1-3-12-29(13-4-1)41-44-42(30-14-5-2-6-15-30)46-43(45-41)31-24-22-28(23-25-31)33-26-32-16-7-8-17-34(32)37(27-33)35-19-11-21-39-40(35)36-18-9-10-20-38(36)47-39/h1-27H/i9D,10D,19D,20D,21D. The lowest BCUT2D eigenvalue weighted by Crippen LogP contribution is -2.00. The van der Waals surface area contributed by atoms with E-state index in [1.54, 1.807) is 0 Å². The second-order valence-electron chi connectivity index (χ2n) is 11.3. The minimum absolute atomic E-state index is 0.0117. The third-order valence-electron chi connectivity index (χ3n) is 8.39. The van der Waals surface area contributed by atoms with Gasteiger partial charge in [-0.3, -0.25) is 0 Å². The summed E-state index contributed by atoms with van der Waals surface area (Å²) in [7, 11) is 0. The van der Waals surface area contributed by atoms with Gasteiger partial charge in [-0.25, -0.2) is 15.0 Å². The van der Waals surface area contributed by atoms with Crippen LogP contribution in [0.5, 0.6) is 0 Å². The van der Waals surface area contributed by atoms with Crippen LogP contribution in [0.1, 0.15) is 6.85 Å². The van der Waals surface area contributed by atoms with Crippen molar-refractivity contribution in [2.24, 2.45) is 0 Å². The molecular formula is C43H27N3O. The van der Waals surface area contributed by atoms with Crippen molar-refractivity contribution >= 4 is 32.7 Å². The summed E-state index contributed by atoms with van der Waals surface area (Å²) in [6.45, 7) is 0. The molecule has 0 radical (unpaired) electrons. The topological polar surface area (TPSA) is 51.8 Å². The van der Waals surface area contributed by atoms with Gasteiger partial charge in [0.25, 0.3) is 0 Å². The lowest BCUT2D eigenvalue weighted by Gasteiger charge is -2.13. The van der Waals surface area contributed by atoms with Crippen LogP contribution < -0.4 is 0 Å². The monoisotopic (exact) mass is 606 g/mol. The Balaban J connectivity index is 1.21. The highest BCUT2D eigenvalue weighted by atomic mass is 16.3. The van der Waals surface area contributed by atoms with E-state index in [1.165, 1.54) is 12.1 Å². The molecule has 0 atom stereocenters. The van der Waals surface area contributed by atoms with Crippen LogP contribution in [0.2, 0.25) is 0 Å². The van der Waals surface area contributed by atoms with Crippen LogP contribution in [0.15, 0.2) is 168 Å². The van der Waals surface area contributed by atoms with Crippen LogP contribution in [0.25, 0.3) is 89.1 Å². The molecule has 0 saturated heterocycles. The average molecular weight is 607 g/mol. The molecule has 4 nitrogen and oxygen atoms in total. The zero-order valence-corrected chi connectivity index (χ0v) is 25.0. The lowest BCUT2D eigenvalue weighted by atomic mass is 9.91. The largest absolute Gasteiger partial charge is 0.456 e. The number of fused-ring (bicyclic) bond motifs is 4. The number of rotatable bonds is 5. The number of furan rings is 1. The molecule has 0 aliphatic rings. The van der Waals surface area contributed by atoms with E-state index < -0.39 is 0 Å². The first-order valence-corrected chi connectivity index (χ1v) is 15.3. The van der Waals surface area contributed by atoms with E-state index in [0.717, 1.165) is 44.2 Å². The van der Waals surface area contributed by atoms with Crippen molar-refractivity contribution in [3.63, 3.8) is 0 Å². The summed E-state index contributed by atoms with van der Waals surface area (Å²) in [6, 6.07) is 42.4. The van der Waals surface area contributed by atoms with Crippen molar-refractivity contribution in [1.29, 1.82) is 0 Å². The number of nitrogens with zero attached hydrogens (tertiary/aromatic N) is 3. The smallest absolute Gasteiger partial charge is 0.164 e. The summed E-state index contributed by atoms with van der Waals surface area (Å²) in [5, 5.41) is 2.80. The number of aromatic nitrogens is 3. The van der Waals surface area contributed by atoms with Crippen molar-refractivity contribution in [3.8, 4) is 56.4 Å². The maximum Gasteiger partial charge on any atom is 0.164 e. The number of benzene rings is 7. The predicted octanol–water partition coefficient (Wildman–Crippen LogP) is 11.3. The number of hydrogen-bond acceptors (Lipinski definition) is 4. The Morgan fingerprint density at radius 1 is 0.426 bits per heavy atom. The summed E-state index contributed by atoms with van der Waals surface area (Å²) in [6.07, 6.45) is 0. The van der Waals surface area contributed by atoms with Crippen LogP contribution in [0.3, 0.4) is 0 Å². The Bertz CT molecular complexity index is 2780.